The van der Waals surface area contributed by atoms with Crippen molar-refractivity contribution in [2.75, 3.05) is 6.54 Å². The zero-order valence-corrected chi connectivity index (χ0v) is 11.7. The first-order chi connectivity index (χ1) is 9.19. The van der Waals surface area contributed by atoms with Crippen LogP contribution in [0.25, 0.3) is 0 Å². The van der Waals surface area contributed by atoms with E-state index in [9.17, 15) is 0 Å². The zero-order chi connectivity index (χ0) is 13.7. The molecule has 2 aromatic rings. The summed E-state index contributed by atoms with van der Waals surface area (Å²) < 4.78 is 10.4. The van der Waals surface area contributed by atoms with Crippen LogP contribution in [0.2, 0.25) is 5.02 Å². The third kappa shape index (κ3) is 3.94. The lowest BCUT2D eigenvalue weighted by Crippen LogP contribution is -2.11. The van der Waals surface area contributed by atoms with Crippen molar-refractivity contribution in [1.29, 1.82) is 0 Å². The summed E-state index contributed by atoms with van der Waals surface area (Å²) in [6, 6.07) is 5.72. The minimum atomic E-state index is 0.240. The molecule has 0 aliphatic carbocycles. The number of ether oxygens (including phenoxy) is 1. The Morgan fingerprint density at radius 2 is 2.26 bits per heavy atom. The third-order valence-electron chi connectivity index (χ3n) is 2.50. The Morgan fingerprint density at radius 3 is 2.89 bits per heavy atom. The SMILES string of the molecule is CCNCc1ccc(OCc2noc(C)n2)c(Cl)c1. The van der Waals surface area contributed by atoms with Crippen LogP contribution >= 0.6 is 11.6 Å². The van der Waals surface area contributed by atoms with Crippen molar-refractivity contribution in [3.05, 3.63) is 40.5 Å². The van der Waals surface area contributed by atoms with Gasteiger partial charge in [-0.25, -0.2) is 0 Å². The van der Waals surface area contributed by atoms with Crippen molar-refractivity contribution in [3.8, 4) is 5.75 Å². The maximum absolute atomic E-state index is 6.16. The van der Waals surface area contributed by atoms with E-state index in [1.54, 1.807) is 6.92 Å². The Morgan fingerprint density at radius 1 is 1.42 bits per heavy atom. The van der Waals surface area contributed by atoms with Crippen molar-refractivity contribution in [1.82, 2.24) is 15.5 Å². The lowest BCUT2D eigenvalue weighted by Gasteiger charge is -2.08. The Kier molecular flexibility index (Phi) is 4.76. The molecule has 0 bridgehead atoms. The van der Waals surface area contributed by atoms with E-state index in [0.29, 0.717) is 22.5 Å². The second-order valence-electron chi connectivity index (χ2n) is 4.06. The number of aromatic nitrogens is 2. The van der Waals surface area contributed by atoms with E-state index < -0.39 is 0 Å². The minimum absolute atomic E-state index is 0.240. The Balaban J connectivity index is 1.96. The molecule has 0 radical (unpaired) electrons. The molecule has 0 spiro atoms. The minimum Gasteiger partial charge on any atom is -0.484 e. The largest absolute Gasteiger partial charge is 0.484 e. The number of rotatable bonds is 6. The highest BCUT2D eigenvalue weighted by Gasteiger charge is 2.06. The summed E-state index contributed by atoms with van der Waals surface area (Å²) in [7, 11) is 0. The fraction of sp³-hybridized carbons (Fsp3) is 0.385. The quantitative estimate of drug-likeness (QED) is 0.882. The molecular weight excluding hydrogens is 266 g/mol. The van der Waals surface area contributed by atoms with Crippen LogP contribution in [0.4, 0.5) is 0 Å². The normalized spacial score (nSPS) is 10.7. The van der Waals surface area contributed by atoms with Gasteiger partial charge in [-0.15, -0.1) is 0 Å². The number of aryl methyl sites for hydroxylation is 1. The van der Waals surface area contributed by atoms with Crippen molar-refractivity contribution in [2.45, 2.75) is 27.0 Å². The number of hydrogen-bond donors (Lipinski definition) is 1. The van der Waals surface area contributed by atoms with Gasteiger partial charge in [0.2, 0.25) is 11.7 Å². The molecule has 102 valence electrons. The van der Waals surface area contributed by atoms with Gasteiger partial charge in [-0.1, -0.05) is 29.7 Å². The van der Waals surface area contributed by atoms with Gasteiger partial charge in [0.15, 0.2) is 6.61 Å². The van der Waals surface area contributed by atoms with Crippen LogP contribution in [0.15, 0.2) is 22.7 Å². The first kappa shape index (κ1) is 13.8. The van der Waals surface area contributed by atoms with Crippen LogP contribution in [-0.4, -0.2) is 16.7 Å². The van der Waals surface area contributed by atoms with Gasteiger partial charge in [0.25, 0.3) is 0 Å². The molecule has 1 aromatic heterocycles. The topological polar surface area (TPSA) is 60.2 Å². The number of nitrogens with one attached hydrogen (secondary N) is 1. The van der Waals surface area contributed by atoms with Crippen LogP contribution in [-0.2, 0) is 13.2 Å². The molecule has 0 saturated carbocycles. The van der Waals surface area contributed by atoms with Crippen molar-refractivity contribution in [2.24, 2.45) is 0 Å². The average molecular weight is 282 g/mol. The summed E-state index contributed by atoms with van der Waals surface area (Å²) in [5.41, 5.74) is 1.12. The maximum Gasteiger partial charge on any atom is 0.223 e. The van der Waals surface area contributed by atoms with Crippen LogP contribution in [0.1, 0.15) is 24.2 Å². The molecule has 0 unspecified atom stereocenters. The Labute approximate surface area is 116 Å². The summed E-state index contributed by atoms with van der Waals surface area (Å²) in [5.74, 6) is 1.64. The highest BCUT2D eigenvalue weighted by Crippen LogP contribution is 2.26. The molecule has 0 atom stereocenters. The molecule has 6 heteroatoms. The fourth-order valence-corrected chi connectivity index (χ4v) is 1.84. The van der Waals surface area contributed by atoms with Gasteiger partial charge in [0.1, 0.15) is 5.75 Å². The van der Waals surface area contributed by atoms with Gasteiger partial charge in [0, 0.05) is 13.5 Å². The lowest BCUT2D eigenvalue weighted by molar-refractivity contribution is 0.286. The van der Waals surface area contributed by atoms with Crippen molar-refractivity contribution < 1.29 is 9.26 Å². The zero-order valence-electron chi connectivity index (χ0n) is 10.9. The Hall–Kier alpha value is -1.59. The maximum atomic E-state index is 6.16. The van der Waals surface area contributed by atoms with Crippen molar-refractivity contribution in [3.63, 3.8) is 0 Å². The summed E-state index contributed by atoms with van der Waals surface area (Å²) in [5, 5.41) is 7.57. The highest BCUT2D eigenvalue weighted by molar-refractivity contribution is 6.32. The van der Waals surface area contributed by atoms with E-state index >= 15 is 0 Å². The fourth-order valence-electron chi connectivity index (χ4n) is 1.58. The molecule has 1 aromatic carbocycles. The molecule has 0 aliphatic rings. The number of benzene rings is 1. The molecule has 0 fully saturated rings. The summed E-state index contributed by atoms with van der Waals surface area (Å²) >= 11 is 6.16. The van der Waals surface area contributed by atoms with Crippen LogP contribution in [0.5, 0.6) is 5.75 Å². The van der Waals surface area contributed by atoms with E-state index in [1.165, 1.54) is 0 Å². The van der Waals surface area contributed by atoms with Gasteiger partial charge >= 0.3 is 0 Å². The Bertz CT molecular complexity index is 542. The van der Waals surface area contributed by atoms with E-state index in [2.05, 4.69) is 22.4 Å². The third-order valence-corrected chi connectivity index (χ3v) is 2.80. The molecule has 2 rings (SSSR count). The average Bonchev–Trinajstić information content (AvgIpc) is 2.81. The standard InChI is InChI=1S/C13H16ClN3O2/c1-3-15-7-10-4-5-12(11(14)6-10)18-8-13-16-9(2)19-17-13/h4-6,15H,3,7-8H2,1-2H3. The second kappa shape index (κ2) is 6.54. The van der Waals surface area contributed by atoms with Crippen LogP contribution in [0, 0.1) is 6.92 Å². The predicted octanol–water partition coefficient (Wildman–Crippen LogP) is 2.72. The molecule has 1 heterocycles. The molecular formula is C13H16ClN3O2. The molecule has 0 saturated heterocycles. The van der Waals surface area contributed by atoms with Gasteiger partial charge in [0.05, 0.1) is 5.02 Å². The first-order valence-electron chi connectivity index (χ1n) is 6.10. The molecule has 0 amide bonds. The molecule has 5 nitrogen and oxygen atoms in total. The van der Waals surface area contributed by atoms with E-state index in [0.717, 1.165) is 18.7 Å². The predicted molar refractivity (Wildman–Crippen MR) is 72.2 cm³/mol. The summed E-state index contributed by atoms with van der Waals surface area (Å²) in [4.78, 5) is 4.06. The monoisotopic (exact) mass is 281 g/mol. The van der Waals surface area contributed by atoms with E-state index in [-0.39, 0.29) is 6.61 Å². The number of halogens is 1. The van der Waals surface area contributed by atoms with Gasteiger partial charge in [-0.3, -0.25) is 0 Å². The number of hydrogen-bond acceptors (Lipinski definition) is 5. The van der Waals surface area contributed by atoms with Crippen LogP contribution in [0.3, 0.4) is 0 Å². The van der Waals surface area contributed by atoms with Gasteiger partial charge < -0.3 is 14.6 Å². The second-order valence-corrected chi connectivity index (χ2v) is 4.47. The summed E-state index contributed by atoms with van der Waals surface area (Å²) in [6.45, 7) is 5.75. The van der Waals surface area contributed by atoms with Crippen LogP contribution < -0.4 is 10.1 Å². The van der Waals surface area contributed by atoms with Gasteiger partial charge in [-0.2, -0.15) is 4.98 Å². The lowest BCUT2D eigenvalue weighted by atomic mass is 10.2. The molecule has 1 N–H and O–H groups in total. The van der Waals surface area contributed by atoms with E-state index in [1.807, 2.05) is 18.2 Å². The van der Waals surface area contributed by atoms with E-state index in [4.69, 9.17) is 20.9 Å². The van der Waals surface area contributed by atoms with Crippen molar-refractivity contribution >= 4 is 11.6 Å². The molecule has 0 aliphatic heterocycles. The first-order valence-corrected chi connectivity index (χ1v) is 6.48. The summed E-state index contributed by atoms with van der Waals surface area (Å²) in [6.07, 6.45) is 0. The smallest absolute Gasteiger partial charge is 0.223 e. The molecule has 19 heavy (non-hydrogen) atoms. The highest BCUT2D eigenvalue weighted by atomic mass is 35.5. The van der Waals surface area contributed by atoms with Gasteiger partial charge in [-0.05, 0) is 24.2 Å². The number of nitrogens with zero attached hydrogens (tertiary/aromatic N) is 2.